The fourth-order valence-corrected chi connectivity index (χ4v) is 0.933. The summed E-state index contributed by atoms with van der Waals surface area (Å²) >= 11 is 0. The lowest BCUT2D eigenvalue weighted by Crippen LogP contribution is -2.01. The Balaban J connectivity index is 2.77. The number of hydrogen-bond donors (Lipinski definition) is 0. The quantitative estimate of drug-likeness (QED) is 0.461. The van der Waals surface area contributed by atoms with E-state index in [2.05, 4.69) is 0 Å². The van der Waals surface area contributed by atoms with Crippen LogP contribution in [0.2, 0.25) is 0 Å². The summed E-state index contributed by atoms with van der Waals surface area (Å²) in [5.74, 6) is 0.00838. The second kappa shape index (κ2) is 3.90. The van der Waals surface area contributed by atoms with Crippen molar-refractivity contribution in [3.8, 4) is 0 Å². The van der Waals surface area contributed by atoms with E-state index in [1.54, 1.807) is 12.2 Å². The van der Waals surface area contributed by atoms with Crippen LogP contribution in [-0.2, 0) is 9.53 Å². The molecule has 0 radical (unpaired) electrons. The van der Waals surface area contributed by atoms with Gasteiger partial charge < -0.3 is 4.74 Å². The summed E-state index contributed by atoms with van der Waals surface area (Å²) < 4.78 is 5.03. The highest BCUT2D eigenvalue weighted by atomic mass is 16.5. The molecule has 0 aromatic rings. The summed E-state index contributed by atoms with van der Waals surface area (Å²) in [6.07, 6.45) is 6.68. The highest BCUT2D eigenvalue weighted by Gasteiger charge is 2.07. The monoisotopic (exact) mass is 164 g/mol. The first-order valence-corrected chi connectivity index (χ1v) is 3.96. The van der Waals surface area contributed by atoms with Crippen LogP contribution in [0.4, 0.5) is 0 Å². The number of rotatable bonds is 2. The minimum Gasteiger partial charge on any atom is -0.501 e. The van der Waals surface area contributed by atoms with Gasteiger partial charge in [-0.1, -0.05) is 11.6 Å². The minimum absolute atomic E-state index is 0.00838. The molecule has 0 saturated heterocycles. The molecule has 0 unspecified atom stereocenters. The van der Waals surface area contributed by atoms with Crippen molar-refractivity contribution in [3.05, 3.63) is 35.6 Å². The number of carbonyl (C=O) groups is 1. The lowest BCUT2D eigenvalue weighted by atomic mass is 10.0. The van der Waals surface area contributed by atoms with Crippen molar-refractivity contribution in [2.45, 2.75) is 13.8 Å². The lowest BCUT2D eigenvalue weighted by Gasteiger charge is -2.04. The van der Waals surface area contributed by atoms with E-state index in [9.17, 15) is 4.79 Å². The van der Waals surface area contributed by atoms with Gasteiger partial charge in [0.25, 0.3) is 0 Å². The number of allylic oxidation sites excluding steroid dienone is 5. The molecule has 0 fully saturated rings. The average Bonchev–Trinajstić information content (AvgIpc) is 2.07. The number of ketones is 1. The van der Waals surface area contributed by atoms with Crippen molar-refractivity contribution >= 4 is 5.78 Å². The van der Waals surface area contributed by atoms with E-state index in [-0.39, 0.29) is 5.78 Å². The molecule has 1 rings (SSSR count). The predicted octanol–water partition coefficient (Wildman–Crippen LogP) is 1.99. The molecule has 0 amide bonds. The van der Waals surface area contributed by atoms with Crippen LogP contribution in [0.5, 0.6) is 0 Å². The van der Waals surface area contributed by atoms with Crippen LogP contribution in [0.1, 0.15) is 13.8 Å². The van der Waals surface area contributed by atoms with Gasteiger partial charge in [-0.3, -0.25) is 4.79 Å². The first-order chi connectivity index (χ1) is 5.74. The van der Waals surface area contributed by atoms with Crippen LogP contribution in [-0.4, -0.2) is 12.4 Å². The van der Waals surface area contributed by atoms with Crippen molar-refractivity contribution in [2.75, 3.05) is 6.61 Å². The van der Waals surface area contributed by atoms with E-state index in [0.717, 1.165) is 5.57 Å². The molecule has 0 aliphatic heterocycles. The highest BCUT2D eigenvalue weighted by molar-refractivity contribution is 6.07. The van der Waals surface area contributed by atoms with Crippen LogP contribution in [0.25, 0.3) is 0 Å². The van der Waals surface area contributed by atoms with E-state index in [1.807, 2.05) is 19.9 Å². The van der Waals surface area contributed by atoms with Gasteiger partial charge in [0.05, 0.1) is 18.4 Å². The molecule has 0 aromatic heterocycles. The smallest absolute Gasteiger partial charge is 0.188 e. The lowest BCUT2D eigenvalue weighted by molar-refractivity contribution is -0.111. The molecule has 0 heterocycles. The molecule has 0 saturated carbocycles. The molecule has 0 aromatic carbocycles. The third-order valence-corrected chi connectivity index (χ3v) is 1.54. The summed E-state index contributed by atoms with van der Waals surface area (Å²) in [6, 6.07) is 0. The topological polar surface area (TPSA) is 26.3 Å². The maximum atomic E-state index is 11.2. The van der Waals surface area contributed by atoms with Crippen molar-refractivity contribution in [2.24, 2.45) is 0 Å². The van der Waals surface area contributed by atoms with Crippen LogP contribution in [0.15, 0.2) is 35.6 Å². The van der Waals surface area contributed by atoms with E-state index < -0.39 is 0 Å². The van der Waals surface area contributed by atoms with Crippen molar-refractivity contribution in [1.82, 2.24) is 0 Å². The minimum atomic E-state index is 0.00838. The number of hydrogen-bond acceptors (Lipinski definition) is 2. The van der Waals surface area contributed by atoms with E-state index in [0.29, 0.717) is 12.2 Å². The summed E-state index contributed by atoms with van der Waals surface area (Å²) in [5, 5.41) is 0. The van der Waals surface area contributed by atoms with Gasteiger partial charge in [-0.2, -0.15) is 0 Å². The van der Waals surface area contributed by atoms with Gasteiger partial charge in [-0.25, -0.2) is 0 Å². The van der Waals surface area contributed by atoms with Crippen molar-refractivity contribution in [3.63, 3.8) is 0 Å². The molecule has 0 atom stereocenters. The van der Waals surface area contributed by atoms with Gasteiger partial charge in [-0.05, 0) is 26.0 Å². The van der Waals surface area contributed by atoms with Crippen LogP contribution in [0.3, 0.4) is 0 Å². The second-order valence-electron chi connectivity index (χ2n) is 2.61. The van der Waals surface area contributed by atoms with Gasteiger partial charge >= 0.3 is 0 Å². The molecule has 1 aliphatic rings. The Bertz CT molecular complexity index is 270. The third-order valence-electron chi connectivity index (χ3n) is 1.54. The first kappa shape index (κ1) is 8.78. The van der Waals surface area contributed by atoms with Crippen molar-refractivity contribution < 1.29 is 9.53 Å². The van der Waals surface area contributed by atoms with Crippen LogP contribution >= 0.6 is 0 Å². The number of ether oxygens (including phenoxy) is 1. The van der Waals surface area contributed by atoms with Crippen LogP contribution in [0, 0.1) is 0 Å². The Morgan fingerprint density at radius 1 is 1.50 bits per heavy atom. The Hall–Kier alpha value is -1.31. The zero-order chi connectivity index (χ0) is 8.97. The highest BCUT2D eigenvalue weighted by Crippen LogP contribution is 2.11. The third kappa shape index (κ3) is 2.09. The van der Waals surface area contributed by atoms with Gasteiger partial charge in [0.2, 0.25) is 0 Å². The standard InChI is InChI=1S/C10H12O2/c1-3-12-7-9-6-8(2)4-5-10(9)11/h4-7H,3H2,1-2H3/b9-7-. The zero-order valence-corrected chi connectivity index (χ0v) is 7.33. The van der Waals surface area contributed by atoms with Gasteiger partial charge in [0.15, 0.2) is 5.78 Å². The second-order valence-corrected chi connectivity index (χ2v) is 2.61. The van der Waals surface area contributed by atoms with E-state index in [4.69, 9.17) is 4.74 Å². The Morgan fingerprint density at radius 2 is 2.25 bits per heavy atom. The SMILES string of the molecule is CCO/C=C1/C=C(C)C=CC1=O. The average molecular weight is 164 g/mol. The maximum Gasteiger partial charge on any atom is 0.188 e. The molecular weight excluding hydrogens is 152 g/mol. The van der Waals surface area contributed by atoms with Gasteiger partial charge in [-0.15, -0.1) is 0 Å². The molecule has 2 heteroatoms. The molecular formula is C10H12O2. The summed E-state index contributed by atoms with van der Waals surface area (Å²) in [7, 11) is 0. The van der Waals surface area contributed by atoms with E-state index in [1.165, 1.54) is 6.26 Å². The first-order valence-electron chi connectivity index (χ1n) is 3.96. The Kier molecular flexibility index (Phi) is 2.86. The van der Waals surface area contributed by atoms with Gasteiger partial charge in [0.1, 0.15) is 0 Å². The summed E-state index contributed by atoms with van der Waals surface area (Å²) in [6.45, 7) is 4.42. The van der Waals surface area contributed by atoms with Crippen LogP contribution < -0.4 is 0 Å². The van der Waals surface area contributed by atoms with Gasteiger partial charge in [0, 0.05) is 0 Å². The Labute approximate surface area is 72.2 Å². The zero-order valence-electron chi connectivity index (χ0n) is 7.33. The molecule has 0 spiro atoms. The fourth-order valence-electron chi connectivity index (χ4n) is 0.933. The Morgan fingerprint density at radius 3 is 2.92 bits per heavy atom. The largest absolute Gasteiger partial charge is 0.501 e. The fraction of sp³-hybridized carbons (Fsp3) is 0.300. The molecule has 64 valence electrons. The number of carbonyl (C=O) groups excluding carboxylic acids is 1. The summed E-state index contributed by atoms with van der Waals surface area (Å²) in [4.78, 5) is 11.2. The predicted molar refractivity (Wildman–Crippen MR) is 47.6 cm³/mol. The molecule has 0 bridgehead atoms. The molecule has 12 heavy (non-hydrogen) atoms. The molecule has 2 nitrogen and oxygen atoms in total. The van der Waals surface area contributed by atoms with E-state index >= 15 is 0 Å². The summed E-state index contributed by atoms with van der Waals surface area (Å²) in [5.41, 5.74) is 1.69. The normalized spacial score (nSPS) is 19.7. The van der Waals surface area contributed by atoms with Crippen molar-refractivity contribution in [1.29, 1.82) is 0 Å². The molecule has 1 aliphatic carbocycles. The molecule has 0 N–H and O–H groups in total. The maximum absolute atomic E-state index is 11.2.